The van der Waals surface area contributed by atoms with Gasteiger partial charge < -0.3 is 9.80 Å². The minimum atomic E-state index is -3.13. The Balaban J connectivity index is 0.918. The first-order valence-electron chi connectivity index (χ1n) is 28.4. The van der Waals surface area contributed by atoms with Crippen molar-refractivity contribution < 1.29 is 0 Å². The van der Waals surface area contributed by atoms with Crippen molar-refractivity contribution in [2.24, 2.45) is 23.7 Å². The Labute approximate surface area is 447 Å². The first kappa shape index (κ1) is 44.7. The van der Waals surface area contributed by atoms with Gasteiger partial charge in [0, 0.05) is 57.4 Å². The quantitative estimate of drug-likeness (QED) is 0.101. The van der Waals surface area contributed by atoms with Crippen molar-refractivity contribution in [1.29, 1.82) is 0 Å². The van der Waals surface area contributed by atoms with Crippen LogP contribution in [0.3, 0.4) is 0 Å². The lowest BCUT2D eigenvalue weighted by atomic mass is 9.63. The molecule has 6 nitrogen and oxygen atoms in total. The Morgan fingerprint density at radius 3 is 1.24 bits per heavy atom. The van der Waals surface area contributed by atoms with Gasteiger partial charge in [-0.15, -0.1) is 0 Å². The Bertz CT molecular complexity index is 3650. The van der Waals surface area contributed by atoms with Crippen LogP contribution in [0.25, 0.3) is 61.7 Å². The molecule has 0 radical (unpaired) electrons. The molecule has 4 aliphatic heterocycles. The predicted molar refractivity (Wildman–Crippen MR) is 314 cm³/mol. The maximum absolute atomic E-state index is 5.57. The number of fused-ring (bicyclic) bond motifs is 3. The second-order valence-corrected chi connectivity index (χ2v) is 27.5. The average Bonchev–Trinajstić information content (AvgIpc) is 3.88. The smallest absolute Gasteiger partial charge is 0.238 e. The first-order valence-corrected chi connectivity index (χ1v) is 30.4. The van der Waals surface area contributed by atoms with Crippen LogP contribution in [0.2, 0.25) is 0 Å². The molecule has 2 aromatic heterocycles. The molecule has 0 N–H and O–H groups in total. The molecule has 7 heteroatoms. The maximum Gasteiger partial charge on any atom is 0.238 e. The fourth-order valence-electron chi connectivity index (χ4n) is 16.6. The first-order chi connectivity index (χ1) is 37.6. The Morgan fingerprint density at radius 2 is 0.711 bits per heavy atom. The summed E-state index contributed by atoms with van der Waals surface area (Å²) in [4.78, 5) is 22.3. The molecule has 8 bridgehead atoms. The van der Waals surface area contributed by atoms with Crippen molar-refractivity contribution in [3.8, 4) is 39.9 Å². The van der Waals surface area contributed by atoms with E-state index in [1.54, 1.807) is 0 Å². The van der Waals surface area contributed by atoms with Crippen LogP contribution in [0.4, 0.5) is 11.4 Å². The minimum absolute atomic E-state index is 0.606. The Morgan fingerprint density at radius 1 is 0.316 bits per heavy atom. The number of benzene rings is 8. The van der Waals surface area contributed by atoms with Crippen molar-refractivity contribution in [3.63, 3.8) is 0 Å². The van der Waals surface area contributed by atoms with Crippen molar-refractivity contribution in [2.45, 2.75) is 88.4 Å². The molecule has 8 fully saturated rings. The van der Waals surface area contributed by atoms with Gasteiger partial charge in [-0.05, 0) is 162 Å². The molecule has 8 aromatic carbocycles. The van der Waals surface area contributed by atoms with Gasteiger partial charge in [0.05, 0.1) is 11.0 Å². The number of para-hydroxylation sites is 2. The van der Waals surface area contributed by atoms with Crippen LogP contribution < -0.4 is 30.5 Å². The number of nitrogens with zero attached hydrogens (tertiary/aromatic N) is 6. The van der Waals surface area contributed by atoms with Crippen LogP contribution in [0.5, 0.6) is 0 Å². The van der Waals surface area contributed by atoms with Crippen LogP contribution in [0.15, 0.2) is 206 Å². The summed E-state index contributed by atoms with van der Waals surface area (Å²) in [5, 5.41) is 7.93. The second kappa shape index (κ2) is 17.7. The van der Waals surface area contributed by atoms with E-state index in [9.17, 15) is 0 Å². The fourth-order valence-corrected chi connectivity index (χ4v) is 21.4. The topological polar surface area (TPSA) is 50.1 Å². The minimum Gasteiger partial charge on any atom is -0.366 e. The highest BCUT2D eigenvalue weighted by Crippen LogP contribution is 2.52. The highest BCUT2D eigenvalue weighted by molar-refractivity contribution is 7.20. The summed E-state index contributed by atoms with van der Waals surface area (Å²) in [5.41, 5.74) is 9.17. The molecule has 76 heavy (non-hydrogen) atoms. The molecule has 372 valence electrons. The summed E-state index contributed by atoms with van der Waals surface area (Å²) in [6.45, 7) is 0. The number of piperidine rings is 4. The third-order valence-corrected chi connectivity index (χ3v) is 24.0. The summed E-state index contributed by atoms with van der Waals surface area (Å²) in [7, 11) is -3.13. The van der Waals surface area contributed by atoms with E-state index in [-0.39, 0.29) is 0 Å². The number of anilines is 2. The number of aromatic nitrogens is 4. The number of rotatable bonds is 10. The van der Waals surface area contributed by atoms with E-state index in [2.05, 4.69) is 221 Å². The molecule has 6 heterocycles. The zero-order chi connectivity index (χ0) is 49.9. The van der Waals surface area contributed by atoms with Gasteiger partial charge >= 0.3 is 0 Å². The third-order valence-electron chi connectivity index (χ3n) is 19.3. The number of hydrogen-bond acceptors (Lipinski definition) is 5. The average molecular weight is 1000 g/mol. The molecule has 4 saturated carbocycles. The van der Waals surface area contributed by atoms with Crippen LogP contribution >= 0.6 is 0 Å². The van der Waals surface area contributed by atoms with E-state index < -0.39 is 8.07 Å². The zero-order valence-corrected chi connectivity index (χ0v) is 44.0. The van der Waals surface area contributed by atoms with Gasteiger partial charge in [0.15, 0.2) is 19.7 Å². The maximum atomic E-state index is 5.57. The number of hydrogen-bond donors (Lipinski definition) is 0. The molecular formula is C69H62N6Si. The molecule has 10 aromatic rings. The summed E-state index contributed by atoms with van der Waals surface area (Å²) in [6, 6.07) is 80.1. The molecule has 8 aliphatic rings. The van der Waals surface area contributed by atoms with Gasteiger partial charge in [0.25, 0.3) is 0 Å². The van der Waals surface area contributed by atoms with Crippen molar-refractivity contribution in [2.75, 3.05) is 9.80 Å². The summed E-state index contributed by atoms with van der Waals surface area (Å²) >= 11 is 0. The van der Waals surface area contributed by atoms with Crippen molar-refractivity contribution in [3.05, 3.63) is 206 Å². The zero-order valence-electron chi connectivity index (χ0n) is 43.0. The van der Waals surface area contributed by atoms with Gasteiger partial charge in [-0.1, -0.05) is 164 Å². The van der Waals surface area contributed by atoms with Gasteiger partial charge in [0.1, 0.15) is 0 Å². The highest BCUT2D eigenvalue weighted by atomic mass is 28.3. The van der Waals surface area contributed by atoms with Gasteiger partial charge in [0.2, 0.25) is 5.95 Å². The standard InChI is InChI=1S/C69H62N6Si/c1-3-15-49(16-4-1)50-17-11-18-51(41-50)67-70-68(72-69(71-67)75-65-29-9-7-27-63(65)64-28-8-10-30-66(64)75)52-19-12-24-60(42-52)76(59-22-5-2-6-23-59,61-25-13-20-53(43-61)73-55-33-45-31-46(35-55)36-56(73)34-45)62-26-14-21-54(44-62)74-57-37-47-32-48(39-57)40-58(74)38-47/h1-30,41-48,55-58H,31-40H2. The summed E-state index contributed by atoms with van der Waals surface area (Å²) in [6.07, 6.45) is 13.6. The van der Waals surface area contributed by atoms with Crippen LogP contribution in [-0.2, 0) is 0 Å². The van der Waals surface area contributed by atoms with E-state index in [4.69, 9.17) is 15.0 Å². The predicted octanol–water partition coefficient (Wildman–Crippen LogP) is 12.9. The SMILES string of the molecule is c1ccc(-c2cccc(-c3nc(-c4cccc([Si](c5ccccc5)(c5cccc(N6C7CC8CC(C7)CC6C8)c5)c5cccc(N6C7CC8CC(C7)CC6C8)c5)c4)nc(-n4c5ccccc5c5ccccc54)n3)c2)cc1. The van der Waals surface area contributed by atoms with E-state index in [1.165, 1.54) is 107 Å². The Kier molecular flexibility index (Phi) is 10.4. The lowest BCUT2D eigenvalue weighted by Crippen LogP contribution is -2.75. The van der Waals surface area contributed by atoms with E-state index in [0.29, 0.717) is 41.8 Å². The molecule has 0 atom stereocenters. The highest BCUT2D eigenvalue weighted by Gasteiger charge is 2.50. The third kappa shape index (κ3) is 7.21. The molecule has 0 amide bonds. The van der Waals surface area contributed by atoms with E-state index >= 15 is 0 Å². The molecule has 0 unspecified atom stereocenters. The molecule has 0 spiro atoms. The fraction of sp³-hybridized carbons (Fsp3) is 0.261. The second-order valence-electron chi connectivity index (χ2n) is 23.6. The van der Waals surface area contributed by atoms with Crippen LogP contribution in [-0.4, -0.2) is 51.8 Å². The van der Waals surface area contributed by atoms with E-state index in [1.807, 2.05) is 0 Å². The van der Waals surface area contributed by atoms with Crippen molar-refractivity contribution >= 4 is 62.0 Å². The lowest BCUT2D eigenvalue weighted by Gasteiger charge is -2.57. The Hall–Kier alpha value is -7.61. The summed E-state index contributed by atoms with van der Waals surface area (Å²) in [5.74, 6) is 5.48. The van der Waals surface area contributed by atoms with Gasteiger partial charge in [-0.25, -0.2) is 4.98 Å². The lowest BCUT2D eigenvalue weighted by molar-refractivity contribution is 0.0899. The van der Waals surface area contributed by atoms with Crippen LogP contribution in [0.1, 0.15) is 64.2 Å². The molecular weight excluding hydrogens is 941 g/mol. The molecule has 4 saturated heterocycles. The van der Waals surface area contributed by atoms with Crippen LogP contribution in [0, 0.1) is 23.7 Å². The van der Waals surface area contributed by atoms with E-state index in [0.717, 1.165) is 57.0 Å². The largest absolute Gasteiger partial charge is 0.366 e. The summed E-state index contributed by atoms with van der Waals surface area (Å²) < 4.78 is 2.24. The van der Waals surface area contributed by atoms with Gasteiger partial charge in [-0.3, -0.25) is 4.57 Å². The monoisotopic (exact) mass is 1000 g/mol. The molecule has 4 aliphatic carbocycles. The van der Waals surface area contributed by atoms with Gasteiger partial charge in [-0.2, -0.15) is 9.97 Å². The normalized spacial score (nSPS) is 24.9. The molecule has 18 rings (SSSR count). The van der Waals surface area contributed by atoms with Crippen molar-refractivity contribution in [1.82, 2.24) is 19.5 Å².